The van der Waals surface area contributed by atoms with Crippen molar-refractivity contribution in [3.63, 3.8) is 0 Å². The largest absolute Gasteiger partial charge is 0.481 e. The lowest BCUT2D eigenvalue weighted by Crippen LogP contribution is -2.18. The molecule has 0 aromatic heterocycles. The van der Waals surface area contributed by atoms with Gasteiger partial charge in [0.05, 0.1) is 12.2 Å². The van der Waals surface area contributed by atoms with Crippen LogP contribution in [0.25, 0.3) is 0 Å². The number of carbonyl (C=O) groups is 2. The Bertz CT molecular complexity index is 404. The van der Waals surface area contributed by atoms with Gasteiger partial charge in [-0.15, -0.1) is 0 Å². The fraction of sp³-hybridized carbons (Fsp3) is 0.778. The molecule has 0 spiro atoms. The predicted molar refractivity (Wildman–Crippen MR) is 88.0 cm³/mol. The van der Waals surface area contributed by atoms with Gasteiger partial charge < -0.3 is 15.3 Å². The Morgan fingerprint density at radius 1 is 1.26 bits per heavy atom. The molecular formula is C18H30O5. The van der Waals surface area contributed by atoms with Gasteiger partial charge in [-0.3, -0.25) is 9.59 Å². The van der Waals surface area contributed by atoms with Crippen molar-refractivity contribution in [3.8, 4) is 0 Å². The molecular weight excluding hydrogens is 296 g/mol. The second-order valence-corrected chi connectivity index (χ2v) is 6.49. The molecule has 5 heteroatoms. The van der Waals surface area contributed by atoms with Gasteiger partial charge in [-0.05, 0) is 25.2 Å². The fourth-order valence-corrected chi connectivity index (χ4v) is 3.25. The highest BCUT2D eigenvalue weighted by atomic mass is 16.4. The van der Waals surface area contributed by atoms with E-state index in [0.29, 0.717) is 12.8 Å². The first-order valence-corrected chi connectivity index (χ1v) is 8.74. The molecule has 1 fully saturated rings. The number of Topliss-reactive ketones (excluding diaryl/α,β-unsaturated/α-hetero) is 1. The van der Waals surface area contributed by atoms with Gasteiger partial charge in [-0.1, -0.05) is 44.8 Å². The van der Waals surface area contributed by atoms with Crippen LogP contribution in [0.5, 0.6) is 0 Å². The lowest BCUT2D eigenvalue weighted by Gasteiger charge is -2.16. The van der Waals surface area contributed by atoms with Gasteiger partial charge in [-0.2, -0.15) is 0 Å². The minimum atomic E-state index is -0.748. The third-order valence-electron chi connectivity index (χ3n) is 4.64. The molecule has 1 aliphatic carbocycles. The molecule has 1 aliphatic rings. The summed E-state index contributed by atoms with van der Waals surface area (Å²) >= 11 is 0. The molecule has 0 aromatic rings. The van der Waals surface area contributed by atoms with E-state index >= 15 is 0 Å². The van der Waals surface area contributed by atoms with E-state index in [-0.39, 0.29) is 30.5 Å². The van der Waals surface area contributed by atoms with Gasteiger partial charge in [-0.25, -0.2) is 0 Å². The molecule has 0 radical (unpaired) electrons. The maximum atomic E-state index is 11.8. The second-order valence-electron chi connectivity index (χ2n) is 6.49. The van der Waals surface area contributed by atoms with Gasteiger partial charge in [0.15, 0.2) is 0 Å². The van der Waals surface area contributed by atoms with Gasteiger partial charge in [0.1, 0.15) is 5.78 Å². The van der Waals surface area contributed by atoms with E-state index in [1.54, 1.807) is 12.2 Å². The van der Waals surface area contributed by atoms with Crippen molar-refractivity contribution in [2.75, 3.05) is 0 Å². The Balaban J connectivity index is 2.19. The molecule has 0 amide bonds. The Hall–Kier alpha value is -1.20. The van der Waals surface area contributed by atoms with E-state index in [0.717, 1.165) is 32.1 Å². The predicted octanol–water partition coefficient (Wildman–Crippen LogP) is 2.69. The van der Waals surface area contributed by atoms with Crippen molar-refractivity contribution < 1.29 is 24.9 Å². The summed E-state index contributed by atoms with van der Waals surface area (Å²) in [5, 5.41) is 28.3. The summed E-state index contributed by atoms with van der Waals surface area (Å²) in [7, 11) is 0. The van der Waals surface area contributed by atoms with E-state index in [1.807, 2.05) is 6.92 Å². The number of hydrogen-bond donors (Lipinski definition) is 3. The maximum absolute atomic E-state index is 11.8. The summed E-state index contributed by atoms with van der Waals surface area (Å²) in [6.07, 6.45) is 8.66. The minimum Gasteiger partial charge on any atom is -0.481 e. The Morgan fingerprint density at radius 3 is 2.57 bits per heavy atom. The first-order valence-electron chi connectivity index (χ1n) is 8.74. The number of carboxylic acid groups (broad SMARTS) is 1. The SMILES string of the molecule is CC[C@@H]1[C@H](O)CC(=O)[C@@H]1/C=C/[C@H](O)CCCCCCCC(=O)O. The van der Waals surface area contributed by atoms with Crippen LogP contribution in [0.1, 0.15) is 64.7 Å². The normalized spacial score (nSPS) is 26.0. The van der Waals surface area contributed by atoms with Crippen LogP contribution >= 0.6 is 0 Å². The number of aliphatic carboxylic acids is 1. The van der Waals surface area contributed by atoms with Crippen LogP contribution in [0.2, 0.25) is 0 Å². The smallest absolute Gasteiger partial charge is 0.303 e. The molecule has 0 aliphatic heterocycles. The van der Waals surface area contributed by atoms with Crippen molar-refractivity contribution in [3.05, 3.63) is 12.2 Å². The number of aliphatic hydroxyl groups excluding tert-OH is 2. The molecule has 3 N–H and O–H groups in total. The molecule has 0 saturated heterocycles. The van der Waals surface area contributed by atoms with Crippen LogP contribution in [0, 0.1) is 11.8 Å². The minimum absolute atomic E-state index is 0.0276. The topological polar surface area (TPSA) is 94.8 Å². The average molecular weight is 326 g/mol. The maximum Gasteiger partial charge on any atom is 0.303 e. The van der Waals surface area contributed by atoms with E-state index in [2.05, 4.69) is 0 Å². The zero-order chi connectivity index (χ0) is 17.2. The van der Waals surface area contributed by atoms with Gasteiger partial charge >= 0.3 is 5.97 Å². The van der Waals surface area contributed by atoms with Crippen LogP contribution in [-0.4, -0.2) is 39.3 Å². The monoisotopic (exact) mass is 326 g/mol. The zero-order valence-corrected chi connectivity index (χ0v) is 14.0. The van der Waals surface area contributed by atoms with Crippen molar-refractivity contribution >= 4 is 11.8 Å². The first kappa shape index (κ1) is 19.8. The molecule has 0 aromatic carbocycles. The quantitative estimate of drug-likeness (QED) is 0.401. The molecule has 1 saturated carbocycles. The highest BCUT2D eigenvalue weighted by Gasteiger charge is 2.38. The number of rotatable bonds is 11. The van der Waals surface area contributed by atoms with Gasteiger partial charge in [0.2, 0.25) is 0 Å². The zero-order valence-electron chi connectivity index (χ0n) is 14.0. The van der Waals surface area contributed by atoms with E-state index < -0.39 is 18.2 Å². The highest BCUT2D eigenvalue weighted by molar-refractivity contribution is 5.85. The average Bonchev–Trinajstić information content (AvgIpc) is 2.76. The van der Waals surface area contributed by atoms with E-state index in [4.69, 9.17) is 5.11 Å². The number of carboxylic acids is 1. The number of allylic oxidation sites excluding steroid dienone is 1. The summed E-state index contributed by atoms with van der Waals surface area (Å²) in [5.74, 6) is -0.977. The molecule has 1 rings (SSSR count). The number of ketones is 1. The van der Waals surface area contributed by atoms with Gasteiger partial charge in [0.25, 0.3) is 0 Å². The summed E-state index contributed by atoms with van der Waals surface area (Å²) in [6.45, 7) is 1.97. The lowest BCUT2D eigenvalue weighted by molar-refractivity contribution is -0.137. The van der Waals surface area contributed by atoms with Gasteiger partial charge in [0, 0.05) is 18.8 Å². The molecule has 0 bridgehead atoms. The van der Waals surface area contributed by atoms with E-state index in [1.165, 1.54) is 0 Å². The third kappa shape index (κ3) is 7.27. The number of aliphatic hydroxyl groups is 2. The number of hydrogen-bond acceptors (Lipinski definition) is 4. The molecule has 5 nitrogen and oxygen atoms in total. The standard InChI is InChI=1S/C18H30O5/c1-2-14-15(17(21)12-16(14)20)11-10-13(19)8-6-4-3-5-7-9-18(22)23/h10-11,13-16,19-20H,2-9,12H2,1H3,(H,22,23)/b11-10+/t13-,14+,15-,16-/m1/s1. The van der Waals surface area contributed by atoms with Crippen molar-refractivity contribution in [2.24, 2.45) is 11.8 Å². The second kappa shape index (κ2) is 10.6. The summed E-state index contributed by atoms with van der Waals surface area (Å²) in [4.78, 5) is 22.2. The van der Waals surface area contributed by atoms with E-state index in [9.17, 15) is 19.8 Å². The summed E-state index contributed by atoms with van der Waals surface area (Å²) in [6, 6.07) is 0. The highest BCUT2D eigenvalue weighted by Crippen LogP contribution is 2.32. The Labute approximate surface area is 138 Å². The fourth-order valence-electron chi connectivity index (χ4n) is 3.25. The molecule has 0 unspecified atom stereocenters. The number of carbonyl (C=O) groups excluding carboxylic acids is 1. The molecule has 0 heterocycles. The van der Waals surface area contributed by atoms with Crippen molar-refractivity contribution in [2.45, 2.75) is 76.9 Å². The van der Waals surface area contributed by atoms with Crippen LogP contribution in [0.15, 0.2) is 12.2 Å². The summed E-state index contributed by atoms with van der Waals surface area (Å²) < 4.78 is 0. The van der Waals surface area contributed by atoms with Crippen LogP contribution in [-0.2, 0) is 9.59 Å². The number of unbranched alkanes of at least 4 members (excludes halogenated alkanes) is 4. The van der Waals surface area contributed by atoms with Crippen molar-refractivity contribution in [1.82, 2.24) is 0 Å². The lowest BCUT2D eigenvalue weighted by atomic mass is 9.91. The van der Waals surface area contributed by atoms with Crippen LogP contribution in [0.3, 0.4) is 0 Å². The molecule has 132 valence electrons. The molecule has 23 heavy (non-hydrogen) atoms. The summed E-state index contributed by atoms with van der Waals surface area (Å²) in [5.41, 5.74) is 0. The third-order valence-corrected chi connectivity index (χ3v) is 4.64. The Kier molecular flexibility index (Phi) is 9.10. The molecule has 4 atom stereocenters. The van der Waals surface area contributed by atoms with Crippen LogP contribution < -0.4 is 0 Å². The first-order chi connectivity index (χ1) is 11.0. The van der Waals surface area contributed by atoms with Crippen molar-refractivity contribution in [1.29, 1.82) is 0 Å². The van der Waals surface area contributed by atoms with Crippen LogP contribution in [0.4, 0.5) is 0 Å². The Morgan fingerprint density at radius 2 is 1.91 bits per heavy atom.